The molecule has 0 radical (unpaired) electrons. The fraction of sp³-hybridized carbons (Fsp3) is 0.533. The van der Waals surface area contributed by atoms with Gasteiger partial charge in [-0.15, -0.1) is 11.8 Å². The number of hydrogen-bond acceptors (Lipinski definition) is 3. The van der Waals surface area contributed by atoms with Gasteiger partial charge in [0.05, 0.1) is 0 Å². The average Bonchev–Trinajstić information content (AvgIpc) is 3.24. The first-order chi connectivity index (χ1) is 9.60. The van der Waals surface area contributed by atoms with Crippen LogP contribution in [0.3, 0.4) is 0 Å². The van der Waals surface area contributed by atoms with Crippen LogP contribution in [0, 0.1) is 11.7 Å². The molecule has 1 saturated carbocycles. The molecule has 0 aromatic heterocycles. The molecule has 2 rings (SSSR count). The maximum atomic E-state index is 13.0. The van der Waals surface area contributed by atoms with Gasteiger partial charge in [-0.3, -0.25) is 4.79 Å². The Labute approximate surface area is 123 Å². The number of halogens is 1. The summed E-state index contributed by atoms with van der Waals surface area (Å²) in [4.78, 5) is 12.3. The van der Waals surface area contributed by atoms with Crippen LogP contribution in [0.5, 0.6) is 0 Å². The smallest absolute Gasteiger partial charge is 0.237 e. The van der Waals surface area contributed by atoms with E-state index in [1.807, 2.05) is 6.92 Å². The predicted octanol–water partition coefficient (Wildman–Crippen LogP) is 2.51. The molecule has 1 aliphatic carbocycles. The van der Waals surface area contributed by atoms with Gasteiger partial charge in [0.25, 0.3) is 0 Å². The number of amides is 1. The van der Waals surface area contributed by atoms with Crippen LogP contribution in [0.15, 0.2) is 24.3 Å². The van der Waals surface area contributed by atoms with Gasteiger partial charge in [-0.2, -0.15) is 0 Å². The summed E-state index contributed by atoms with van der Waals surface area (Å²) in [5, 5.41) is 11.7. The van der Waals surface area contributed by atoms with Crippen LogP contribution < -0.4 is 5.32 Å². The second-order valence-corrected chi connectivity index (χ2v) is 6.47. The molecule has 20 heavy (non-hydrogen) atoms. The van der Waals surface area contributed by atoms with Crippen LogP contribution in [0.25, 0.3) is 0 Å². The maximum absolute atomic E-state index is 13.0. The van der Waals surface area contributed by atoms with Crippen molar-refractivity contribution in [3.63, 3.8) is 0 Å². The maximum Gasteiger partial charge on any atom is 0.237 e. The summed E-state index contributed by atoms with van der Waals surface area (Å²) in [6, 6.07) is 6.37. The molecule has 0 saturated heterocycles. The van der Waals surface area contributed by atoms with Gasteiger partial charge in [0.2, 0.25) is 5.91 Å². The van der Waals surface area contributed by atoms with E-state index < -0.39 is 0 Å². The second kappa shape index (κ2) is 7.09. The third kappa shape index (κ3) is 4.49. The van der Waals surface area contributed by atoms with Crippen LogP contribution in [-0.2, 0) is 4.79 Å². The molecule has 110 valence electrons. The number of carbonyl (C=O) groups excluding carboxylic acids is 1. The molecule has 2 unspecified atom stereocenters. The SMILES string of the molecule is CC(CO)CSC(C(=O)NC1CC1)c1ccc(F)cc1. The number of aliphatic hydroxyl groups is 1. The summed E-state index contributed by atoms with van der Waals surface area (Å²) in [7, 11) is 0. The van der Waals surface area contributed by atoms with Crippen molar-refractivity contribution in [1.29, 1.82) is 0 Å². The van der Waals surface area contributed by atoms with Gasteiger partial charge < -0.3 is 10.4 Å². The molecule has 1 fully saturated rings. The normalized spacial score (nSPS) is 17.6. The van der Waals surface area contributed by atoms with E-state index in [0.717, 1.165) is 18.4 Å². The monoisotopic (exact) mass is 297 g/mol. The minimum atomic E-state index is -0.342. The van der Waals surface area contributed by atoms with Crippen molar-refractivity contribution in [1.82, 2.24) is 5.32 Å². The van der Waals surface area contributed by atoms with E-state index in [4.69, 9.17) is 5.11 Å². The zero-order chi connectivity index (χ0) is 14.5. The lowest BCUT2D eigenvalue weighted by molar-refractivity contribution is -0.120. The van der Waals surface area contributed by atoms with E-state index in [-0.39, 0.29) is 29.5 Å². The highest BCUT2D eigenvalue weighted by atomic mass is 32.2. The molecule has 5 heteroatoms. The molecule has 0 spiro atoms. The Morgan fingerprint density at radius 2 is 2.10 bits per heavy atom. The van der Waals surface area contributed by atoms with Crippen LogP contribution in [0.2, 0.25) is 0 Å². The van der Waals surface area contributed by atoms with Crippen LogP contribution in [0.1, 0.15) is 30.6 Å². The van der Waals surface area contributed by atoms with Gasteiger partial charge in [-0.25, -0.2) is 4.39 Å². The van der Waals surface area contributed by atoms with E-state index in [9.17, 15) is 9.18 Å². The Kier molecular flexibility index (Phi) is 5.43. The van der Waals surface area contributed by atoms with Crippen LogP contribution in [0.4, 0.5) is 4.39 Å². The zero-order valence-electron chi connectivity index (χ0n) is 11.5. The first kappa shape index (κ1) is 15.3. The summed E-state index contributed by atoms with van der Waals surface area (Å²) in [5.74, 6) is 0.506. The standard InChI is InChI=1S/C15H20FNO2S/c1-10(8-18)9-20-14(15(19)17-13-6-7-13)11-2-4-12(16)5-3-11/h2-5,10,13-14,18H,6-9H2,1H3,(H,17,19). The van der Waals surface area contributed by atoms with E-state index in [2.05, 4.69) is 5.32 Å². The van der Waals surface area contributed by atoms with Crippen molar-refractivity contribution in [2.45, 2.75) is 31.1 Å². The topological polar surface area (TPSA) is 49.3 Å². The predicted molar refractivity (Wildman–Crippen MR) is 79.0 cm³/mol. The molecule has 0 bridgehead atoms. The molecule has 3 nitrogen and oxygen atoms in total. The first-order valence-corrected chi connectivity index (χ1v) is 7.93. The highest BCUT2D eigenvalue weighted by molar-refractivity contribution is 8.00. The zero-order valence-corrected chi connectivity index (χ0v) is 12.3. The Bertz CT molecular complexity index is 448. The van der Waals surface area contributed by atoms with E-state index >= 15 is 0 Å². The summed E-state index contributed by atoms with van der Waals surface area (Å²) >= 11 is 1.50. The molecule has 1 amide bonds. The summed E-state index contributed by atoms with van der Waals surface area (Å²) < 4.78 is 13.0. The molecule has 2 N–H and O–H groups in total. The third-order valence-corrected chi connectivity index (χ3v) is 4.77. The molecule has 0 aliphatic heterocycles. The molecule has 1 aromatic rings. The van der Waals surface area contributed by atoms with Crippen molar-refractivity contribution < 1.29 is 14.3 Å². The van der Waals surface area contributed by atoms with Gasteiger partial charge in [-0.05, 0) is 42.2 Å². The first-order valence-electron chi connectivity index (χ1n) is 6.88. The fourth-order valence-corrected chi connectivity index (χ4v) is 2.97. The second-order valence-electron chi connectivity index (χ2n) is 5.34. The Balaban J connectivity index is 2.05. The largest absolute Gasteiger partial charge is 0.396 e. The molecule has 2 atom stereocenters. The lowest BCUT2D eigenvalue weighted by atomic mass is 10.1. The van der Waals surface area contributed by atoms with Crippen molar-refractivity contribution in [2.24, 2.45) is 5.92 Å². The Hall–Kier alpha value is -1.07. The summed E-state index contributed by atoms with van der Waals surface area (Å²) in [6.07, 6.45) is 2.08. The van der Waals surface area contributed by atoms with Gasteiger partial charge in [0, 0.05) is 12.6 Å². The minimum Gasteiger partial charge on any atom is -0.396 e. The number of aliphatic hydroxyl groups excluding tert-OH is 1. The van der Waals surface area contributed by atoms with Gasteiger partial charge in [0.1, 0.15) is 11.1 Å². The summed E-state index contributed by atoms with van der Waals surface area (Å²) in [5.41, 5.74) is 0.805. The van der Waals surface area contributed by atoms with Gasteiger partial charge in [-0.1, -0.05) is 19.1 Å². The van der Waals surface area contributed by atoms with E-state index in [1.54, 1.807) is 12.1 Å². The number of nitrogens with one attached hydrogen (secondary N) is 1. The molecule has 1 aliphatic rings. The van der Waals surface area contributed by atoms with Crippen molar-refractivity contribution in [2.75, 3.05) is 12.4 Å². The van der Waals surface area contributed by atoms with Crippen LogP contribution >= 0.6 is 11.8 Å². The van der Waals surface area contributed by atoms with Crippen molar-refractivity contribution in [3.05, 3.63) is 35.6 Å². The number of hydrogen-bond donors (Lipinski definition) is 2. The Morgan fingerprint density at radius 3 is 2.65 bits per heavy atom. The highest BCUT2D eigenvalue weighted by Gasteiger charge is 2.28. The molecule has 1 aromatic carbocycles. The molecule has 0 heterocycles. The van der Waals surface area contributed by atoms with Crippen molar-refractivity contribution >= 4 is 17.7 Å². The number of benzene rings is 1. The summed E-state index contributed by atoms with van der Waals surface area (Å²) in [6.45, 7) is 2.04. The lowest BCUT2D eigenvalue weighted by Crippen LogP contribution is -2.30. The third-order valence-electron chi connectivity index (χ3n) is 3.19. The fourth-order valence-electron chi connectivity index (χ4n) is 1.78. The molecular formula is C15H20FNO2S. The average molecular weight is 297 g/mol. The Morgan fingerprint density at radius 1 is 1.45 bits per heavy atom. The van der Waals surface area contributed by atoms with Gasteiger partial charge in [0.15, 0.2) is 0 Å². The van der Waals surface area contributed by atoms with Gasteiger partial charge >= 0.3 is 0 Å². The highest BCUT2D eigenvalue weighted by Crippen LogP contribution is 2.32. The lowest BCUT2D eigenvalue weighted by Gasteiger charge is -2.18. The quantitative estimate of drug-likeness (QED) is 0.813. The minimum absolute atomic E-state index is 0.0192. The number of carbonyl (C=O) groups is 1. The van der Waals surface area contributed by atoms with E-state index in [1.165, 1.54) is 23.9 Å². The number of rotatable bonds is 7. The van der Waals surface area contributed by atoms with Crippen LogP contribution in [-0.4, -0.2) is 29.4 Å². The number of thioether (sulfide) groups is 1. The molecular weight excluding hydrogens is 277 g/mol. The van der Waals surface area contributed by atoms with Crippen molar-refractivity contribution in [3.8, 4) is 0 Å². The van der Waals surface area contributed by atoms with E-state index in [0.29, 0.717) is 11.8 Å².